The third-order valence-electron chi connectivity index (χ3n) is 4.14. The minimum atomic E-state index is -0.593. The molecule has 1 unspecified atom stereocenters. The van der Waals surface area contributed by atoms with Crippen LogP contribution in [0.5, 0.6) is 0 Å². The van der Waals surface area contributed by atoms with Gasteiger partial charge < -0.3 is 5.32 Å². The second-order valence-electron chi connectivity index (χ2n) is 6.62. The molecule has 0 radical (unpaired) electrons. The molecule has 0 fully saturated rings. The van der Waals surface area contributed by atoms with Crippen LogP contribution in [0.1, 0.15) is 17.5 Å². The summed E-state index contributed by atoms with van der Waals surface area (Å²) in [5, 5.41) is 3.73. The zero-order chi connectivity index (χ0) is 19.4. The summed E-state index contributed by atoms with van der Waals surface area (Å²) in [6, 6.07) is 11.3. The van der Waals surface area contributed by atoms with E-state index in [1.807, 2.05) is 36.2 Å². The molecule has 1 atom stereocenters. The van der Waals surface area contributed by atoms with Crippen molar-refractivity contribution in [2.24, 2.45) is 0 Å². The van der Waals surface area contributed by atoms with Gasteiger partial charge in [-0.1, -0.05) is 18.2 Å². The Labute approximate surface area is 160 Å². The Kier molecular flexibility index (Phi) is 6.13. The monoisotopic (exact) mass is 389 g/mol. The number of fused-ring (bicyclic) bond motifs is 1. The predicted octanol–water partition coefficient (Wildman–Crippen LogP) is 3.75. The largest absolute Gasteiger partial charge is 0.352 e. The fraction of sp³-hybridized carbons (Fsp3) is 0.300. The van der Waals surface area contributed by atoms with E-state index in [9.17, 15) is 13.6 Å². The molecule has 27 heavy (non-hydrogen) atoms. The van der Waals surface area contributed by atoms with Gasteiger partial charge in [-0.25, -0.2) is 13.8 Å². The molecule has 0 bridgehead atoms. The van der Waals surface area contributed by atoms with Gasteiger partial charge in [-0.15, -0.1) is 11.3 Å². The van der Waals surface area contributed by atoms with Crippen molar-refractivity contribution in [3.05, 3.63) is 64.7 Å². The van der Waals surface area contributed by atoms with Gasteiger partial charge in [0.2, 0.25) is 5.91 Å². The van der Waals surface area contributed by atoms with E-state index in [0.29, 0.717) is 6.54 Å². The fourth-order valence-electron chi connectivity index (χ4n) is 2.92. The third kappa shape index (κ3) is 5.08. The zero-order valence-corrected chi connectivity index (χ0v) is 16.0. The standard InChI is InChI=1S/C20H21F2N3OS/c1-13(10-14-15(21)6-5-7-16(14)22)23-19(26)11-25(2)12-20-24-17-8-3-4-9-18(17)27-20/h3-9,13H,10-12H2,1-2H3,(H,23,26). The van der Waals surface area contributed by atoms with Crippen molar-refractivity contribution in [3.8, 4) is 0 Å². The number of hydrogen-bond donors (Lipinski definition) is 1. The number of carbonyl (C=O) groups is 1. The highest BCUT2D eigenvalue weighted by Crippen LogP contribution is 2.22. The first kappa shape index (κ1) is 19.4. The molecule has 142 valence electrons. The number of thiazole rings is 1. The quantitative estimate of drug-likeness (QED) is 0.669. The molecule has 0 spiro atoms. The van der Waals surface area contributed by atoms with Crippen molar-refractivity contribution in [1.82, 2.24) is 15.2 Å². The Bertz CT molecular complexity index is 891. The molecule has 1 N–H and O–H groups in total. The van der Waals surface area contributed by atoms with Crippen LogP contribution in [0.25, 0.3) is 10.2 Å². The summed E-state index contributed by atoms with van der Waals surface area (Å²) < 4.78 is 28.6. The van der Waals surface area contributed by atoms with Gasteiger partial charge in [0, 0.05) is 11.6 Å². The molecule has 7 heteroatoms. The molecular weight excluding hydrogens is 368 g/mol. The van der Waals surface area contributed by atoms with Crippen LogP contribution >= 0.6 is 11.3 Å². The Balaban J connectivity index is 1.52. The number of para-hydroxylation sites is 1. The molecule has 0 aliphatic heterocycles. The van der Waals surface area contributed by atoms with Crippen LogP contribution in [0.2, 0.25) is 0 Å². The normalized spacial score (nSPS) is 12.5. The number of likely N-dealkylation sites (N-methyl/N-ethyl adjacent to an activating group) is 1. The van der Waals surface area contributed by atoms with E-state index >= 15 is 0 Å². The number of aromatic nitrogens is 1. The van der Waals surface area contributed by atoms with E-state index in [4.69, 9.17) is 0 Å². The lowest BCUT2D eigenvalue weighted by molar-refractivity contribution is -0.122. The van der Waals surface area contributed by atoms with Gasteiger partial charge in [-0.2, -0.15) is 0 Å². The maximum atomic E-state index is 13.7. The van der Waals surface area contributed by atoms with Crippen LogP contribution in [0, 0.1) is 11.6 Å². The maximum Gasteiger partial charge on any atom is 0.234 e. The number of carbonyl (C=O) groups excluding carboxylic acids is 1. The molecular formula is C20H21F2N3OS. The van der Waals surface area contributed by atoms with Crippen LogP contribution < -0.4 is 5.32 Å². The van der Waals surface area contributed by atoms with E-state index in [1.165, 1.54) is 18.2 Å². The summed E-state index contributed by atoms with van der Waals surface area (Å²) in [6.45, 7) is 2.47. The van der Waals surface area contributed by atoms with E-state index in [1.54, 1.807) is 18.3 Å². The number of rotatable bonds is 7. The van der Waals surface area contributed by atoms with Crippen molar-refractivity contribution in [2.75, 3.05) is 13.6 Å². The number of nitrogens with one attached hydrogen (secondary N) is 1. The minimum Gasteiger partial charge on any atom is -0.352 e. The SMILES string of the molecule is CC(Cc1c(F)cccc1F)NC(=O)CN(C)Cc1nc2ccccc2s1. The molecule has 3 rings (SSSR count). The number of halogens is 2. The molecule has 0 saturated carbocycles. The van der Waals surface area contributed by atoms with Gasteiger partial charge in [0.05, 0.1) is 23.3 Å². The molecule has 2 aromatic carbocycles. The zero-order valence-electron chi connectivity index (χ0n) is 15.2. The minimum absolute atomic E-state index is 0.00636. The van der Waals surface area contributed by atoms with Gasteiger partial charge in [-0.3, -0.25) is 9.69 Å². The van der Waals surface area contributed by atoms with E-state index in [0.717, 1.165) is 15.2 Å². The Hall–Kier alpha value is -2.38. The molecule has 0 aliphatic carbocycles. The van der Waals surface area contributed by atoms with Crippen LogP contribution in [-0.2, 0) is 17.8 Å². The smallest absolute Gasteiger partial charge is 0.234 e. The lowest BCUT2D eigenvalue weighted by atomic mass is 10.1. The number of amides is 1. The Morgan fingerprint density at radius 1 is 1.19 bits per heavy atom. The summed E-state index contributed by atoms with van der Waals surface area (Å²) in [5.74, 6) is -1.38. The maximum absolute atomic E-state index is 13.7. The summed E-state index contributed by atoms with van der Waals surface area (Å²) in [4.78, 5) is 18.7. The summed E-state index contributed by atoms with van der Waals surface area (Å²) >= 11 is 1.60. The summed E-state index contributed by atoms with van der Waals surface area (Å²) in [7, 11) is 1.84. The first-order valence-electron chi connectivity index (χ1n) is 8.67. The van der Waals surface area contributed by atoms with Crippen molar-refractivity contribution in [2.45, 2.75) is 25.9 Å². The first-order valence-corrected chi connectivity index (χ1v) is 9.49. The van der Waals surface area contributed by atoms with Gasteiger partial charge in [0.15, 0.2) is 0 Å². The van der Waals surface area contributed by atoms with Crippen molar-refractivity contribution in [3.63, 3.8) is 0 Å². The van der Waals surface area contributed by atoms with Crippen LogP contribution in [0.4, 0.5) is 8.78 Å². The number of benzene rings is 2. The molecule has 4 nitrogen and oxygen atoms in total. The molecule has 1 amide bonds. The highest BCUT2D eigenvalue weighted by atomic mass is 32.1. The Morgan fingerprint density at radius 2 is 1.89 bits per heavy atom. The third-order valence-corrected chi connectivity index (χ3v) is 5.16. The second-order valence-corrected chi connectivity index (χ2v) is 7.74. The Morgan fingerprint density at radius 3 is 2.59 bits per heavy atom. The lowest BCUT2D eigenvalue weighted by Gasteiger charge is -2.18. The lowest BCUT2D eigenvalue weighted by Crippen LogP contribution is -2.40. The predicted molar refractivity (Wildman–Crippen MR) is 104 cm³/mol. The summed E-state index contributed by atoms with van der Waals surface area (Å²) in [6.07, 6.45) is 0.103. The summed E-state index contributed by atoms with van der Waals surface area (Å²) in [5.41, 5.74) is 0.948. The highest BCUT2D eigenvalue weighted by molar-refractivity contribution is 7.18. The first-order chi connectivity index (χ1) is 12.9. The van der Waals surface area contributed by atoms with Gasteiger partial charge in [-0.05, 0) is 44.7 Å². The van der Waals surface area contributed by atoms with E-state index in [-0.39, 0.29) is 30.5 Å². The highest BCUT2D eigenvalue weighted by Gasteiger charge is 2.16. The van der Waals surface area contributed by atoms with Crippen molar-refractivity contribution in [1.29, 1.82) is 0 Å². The van der Waals surface area contributed by atoms with Crippen molar-refractivity contribution < 1.29 is 13.6 Å². The molecule has 3 aromatic rings. The van der Waals surface area contributed by atoms with Crippen LogP contribution in [0.3, 0.4) is 0 Å². The number of hydrogen-bond acceptors (Lipinski definition) is 4. The van der Waals surface area contributed by atoms with Crippen LogP contribution in [-0.4, -0.2) is 35.4 Å². The van der Waals surface area contributed by atoms with Gasteiger partial charge in [0.25, 0.3) is 0 Å². The molecule has 1 aromatic heterocycles. The van der Waals surface area contributed by atoms with E-state index < -0.39 is 11.6 Å². The molecule has 1 heterocycles. The fourth-order valence-corrected chi connectivity index (χ4v) is 3.97. The van der Waals surface area contributed by atoms with Gasteiger partial charge in [0.1, 0.15) is 16.6 Å². The van der Waals surface area contributed by atoms with Gasteiger partial charge >= 0.3 is 0 Å². The molecule has 0 saturated heterocycles. The average Bonchev–Trinajstić information content (AvgIpc) is 3.00. The second kappa shape index (κ2) is 8.54. The van der Waals surface area contributed by atoms with Crippen LogP contribution in [0.15, 0.2) is 42.5 Å². The van der Waals surface area contributed by atoms with E-state index in [2.05, 4.69) is 10.3 Å². The average molecular weight is 389 g/mol. The molecule has 0 aliphatic rings. The topological polar surface area (TPSA) is 45.2 Å². The van der Waals surface area contributed by atoms with Crippen molar-refractivity contribution >= 4 is 27.5 Å². The number of nitrogens with zero attached hydrogens (tertiary/aromatic N) is 2.